The minimum atomic E-state index is -4.42. The standard InChI is InChI=1S/C12H14F2N4O2S/c1-3-10-11(6-18(2)16-10)17-21(19,20)12-8(13)4-7(15)5-9(12)14/h4-6,17H,3,15H2,1-2H3. The summed E-state index contributed by atoms with van der Waals surface area (Å²) in [4.78, 5) is -1.07. The minimum Gasteiger partial charge on any atom is -0.399 e. The zero-order chi connectivity index (χ0) is 15.8. The molecule has 0 spiro atoms. The van der Waals surface area contributed by atoms with E-state index in [-0.39, 0.29) is 11.4 Å². The molecule has 9 heteroatoms. The molecule has 0 amide bonds. The van der Waals surface area contributed by atoms with E-state index in [0.717, 1.165) is 12.1 Å². The summed E-state index contributed by atoms with van der Waals surface area (Å²) in [6.45, 7) is 1.78. The molecular formula is C12H14F2N4O2S. The van der Waals surface area contributed by atoms with Gasteiger partial charge in [0.1, 0.15) is 11.6 Å². The van der Waals surface area contributed by atoms with Crippen LogP contribution >= 0.6 is 0 Å². The molecule has 6 nitrogen and oxygen atoms in total. The highest BCUT2D eigenvalue weighted by Gasteiger charge is 2.26. The molecule has 1 heterocycles. The van der Waals surface area contributed by atoms with Crippen molar-refractivity contribution < 1.29 is 17.2 Å². The first kappa shape index (κ1) is 15.2. The van der Waals surface area contributed by atoms with Gasteiger partial charge in [0.05, 0.1) is 11.4 Å². The molecule has 1 aromatic heterocycles. The van der Waals surface area contributed by atoms with Gasteiger partial charge in [-0.2, -0.15) is 5.10 Å². The van der Waals surface area contributed by atoms with Crippen molar-refractivity contribution in [3.8, 4) is 0 Å². The number of hydrogen-bond donors (Lipinski definition) is 2. The third-order valence-electron chi connectivity index (χ3n) is 2.77. The lowest BCUT2D eigenvalue weighted by molar-refractivity contribution is 0.522. The molecule has 1 aromatic carbocycles. The molecule has 0 saturated carbocycles. The smallest absolute Gasteiger partial charge is 0.267 e. The van der Waals surface area contributed by atoms with Gasteiger partial charge in [0.15, 0.2) is 4.90 Å². The van der Waals surface area contributed by atoms with Crippen LogP contribution < -0.4 is 10.5 Å². The van der Waals surface area contributed by atoms with Crippen molar-refractivity contribution in [2.45, 2.75) is 18.2 Å². The topological polar surface area (TPSA) is 90.0 Å². The van der Waals surface area contributed by atoms with Gasteiger partial charge in [0.25, 0.3) is 10.0 Å². The van der Waals surface area contributed by atoms with Crippen molar-refractivity contribution in [2.75, 3.05) is 10.5 Å². The Morgan fingerprint density at radius 2 is 1.90 bits per heavy atom. The fraction of sp³-hybridized carbons (Fsp3) is 0.250. The molecule has 0 aliphatic heterocycles. The van der Waals surface area contributed by atoms with Gasteiger partial charge in [-0.25, -0.2) is 17.2 Å². The summed E-state index contributed by atoms with van der Waals surface area (Å²) in [6.07, 6.45) is 1.88. The van der Waals surface area contributed by atoms with Crippen LogP contribution in [0.15, 0.2) is 23.2 Å². The van der Waals surface area contributed by atoms with Crippen LogP contribution in [0.1, 0.15) is 12.6 Å². The quantitative estimate of drug-likeness (QED) is 0.839. The van der Waals surface area contributed by atoms with Crippen LogP contribution in [0.5, 0.6) is 0 Å². The molecule has 0 fully saturated rings. The van der Waals surface area contributed by atoms with Crippen LogP contribution in [0, 0.1) is 11.6 Å². The number of aryl methyl sites for hydroxylation is 2. The van der Waals surface area contributed by atoms with E-state index < -0.39 is 26.6 Å². The number of nitrogen functional groups attached to an aromatic ring is 1. The van der Waals surface area contributed by atoms with E-state index in [1.54, 1.807) is 14.0 Å². The van der Waals surface area contributed by atoms with Gasteiger partial charge in [-0.3, -0.25) is 9.40 Å². The van der Waals surface area contributed by atoms with Crippen molar-refractivity contribution in [3.63, 3.8) is 0 Å². The number of nitrogens with one attached hydrogen (secondary N) is 1. The molecule has 0 radical (unpaired) electrons. The van der Waals surface area contributed by atoms with Crippen LogP contribution in [-0.2, 0) is 23.5 Å². The molecule has 0 aliphatic rings. The average molecular weight is 316 g/mol. The lowest BCUT2D eigenvalue weighted by Gasteiger charge is -2.09. The molecule has 0 atom stereocenters. The van der Waals surface area contributed by atoms with E-state index in [2.05, 4.69) is 9.82 Å². The second-order valence-corrected chi connectivity index (χ2v) is 6.06. The summed E-state index contributed by atoms with van der Waals surface area (Å²) < 4.78 is 55.4. The van der Waals surface area contributed by atoms with Crippen LogP contribution in [-0.4, -0.2) is 18.2 Å². The van der Waals surface area contributed by atoms with Crippen LogP contribution in [0.2, 0.25) is 0 Å². The van der Waals surface area contributed by atoms with E-state index in [4.69, 9.17) is 5.73 Å². The Balaban J connectivity index is 2.48. The Morgan fingerprint density at radius 1 is 1.33 bits per heavy atom. The Bertz CT molecular complexity index is 764. The number of nitrogens with two attached hydrogens (primary N) is 1. The predicted octanol–water partition coefficient (Wildman–Crippen LogP) is 1.64. The largest absolute Gasteiger partial charge is 0.399 e. The van der Waals surface area contributed by atoms with Gasteiger partial charge < -0.3 is 5.73 Å². The van der Waals surface area contributed by atoms with E-state index in [1.807, 2.05) is 0 Å². The first-order valence-electron chi connectivity index (χ1n) is 6.04. The Hall–Kier alpha value is -2.16. The minimum absolute atomic E-state index is 0.177. The van der Waals surface area contributed by atoms with Gasteiger partial charge in [-0.05, 0) is 18.6 Å². The third kappa shape index (κ3) is 2.97. The van der Waals surface area contributed by atoms with Crippen molar-refractivity contribution in [1.82, 2.24) is 9.78 Å². The van der Waals surface area contributed by atoms with Gasteiger partial charge >= 0.3 is 0 Å². The van der Waals surface area contributed by atoms with Gasteiger partial charge in [0.2, 0.25) is 0 Å². The number of benzene rings is 1. The molecule has 2 aromatic rings. The fourth-order valence-electron chi connectivity index (χ4n) is 1.91. The lowest BCUT2D eigenvalue weighted by atomic mass is 10.3. The number of hydrogen-bond acceptors (Lipinski definition) is 4. The SMILES string of the molecule is CCc1nn(C)cc1NS(=O)(=O)c1c(F)cc(N)cc1F. The van der Waals surface area contributed by atoms with Crippen LogP contribution in [0.25, 0.3) is 0 Å². The molecule has 0 unspecified atom stereocenters. The number of aromatic nitrogens is 2. The first-order valence-corrected chi connectivity index (χ1v) is 7.52. The predicted molar refractivity (Wildman–Crippen MR) is 74.2 cm³/mol. The highest BCUT2D eigenvalue weighted by Crippen LogP contribution is 2.25. The Kier molecular flexibility index (Phi) is 3.86. The second-order valence-electron chi connectivity index (χ2n) is 4.44. The summed E-state index contributed by atoms with van der Waals surface area (Å²) in [5.74, 6) is -2.50. The summed E-state index contributed by atoms with van der Waals surface area (Å²) in [5, 5.41) is 4.05. The Labute approximate surface area is 120 Å². The molecule has 0 bridgehead atoms. The van der Waals surface area contributed by atoms with E-state index in [1.165, 1.54) is 10.9 Å². The monoisotopic (exact) mass is 316 g/mol. The van der Waals surface area contributed by atoms with Crippen LogP contribution in [0.4, 0.5) is 20.2 Å². The maximum atomic E-state index is 13.7. The molecule has 21 heavy (non-hydrogen) atoms. The zero-order valence-electron chi connectivity index (χ0n) is 11.4. The van der Waals surface area contributed by atoms with E-state index in [9.17, 15) is 17.2 Å². The maximum absolute atomic E-state index is 13.7. The summed E-state index contributed by atoms with van der Waals surface area (Å²) in [5.41, 5.74) is 5.72. The van der Waals surface area contributed by atoms with Crippen molar-refractivity contribution in [2.24, 2.45) is 7.05 Å². The van der Waals surface area contributed by atoms with Gasteiger partial charge in [-0.15, -0.1) is 0 Å². The average Bonchev–Trinajstić information content (AvgIpc) is 2.66. The number of halogens is 2. The zero-order valence-corrected chi connectivity index (χ0v) is 12.2. The molecule has 114 valence electrons. The van der Waals surface area contributed by atoms with E-state index in [0.29, 0.717) is 12.1 Å². The van der Waals surface area contributed by atoms with Crippen LogP contribution in [0.3, 0.4) is 0 Å². The lowest BCUT2D eigenvalue weighted by Crippen LogP contribution is -2.17. The second kappa shape index (κ2) is 5.32. The first-order chi connectivity index (χ1) is 9.74. The number of anilines is 2. The fourth-order valence-corrected chi connectivity index (χ4v) is 3.11. The van der Waals surface area contributed by atoms with Crippen molar-refractivity contribution in [3.05, 3.63) is 35.7 Å². The van der Waals surface area contributed by atoms with Gasteiger partial charge in [-0.1, -0.05) is 6.92 Å². The normalized spacial score (nSPS) is 11.6. The molecule has 3 N–H and O–H groups in total. The molecular weight excluding hydrogens is 302 g/mol. The summed E-state index contributed by atoms with van der Waals surface area (Å²) >= 11 is 0. The number of rotatable bonds is 4. The molecule has 0 saturated heterocycles. The number of sulfonamides is 1. The summed E-state index contributed by atoms with van der Waals surface area (Å²) in [6, 6.07) is 1.50. The number of nitrogens with zero attached hydrogens (tertiary/aromatic N) is 2. The highest BCUT2D eigenvalue weighted by molar-refractivity contribution is 7.92. The Morgan fingerprint density at radius 3 is 2.43 bits per heavy atom. The summed E-state index contributed by atoms with van der Waals surface area (Å²) in [7, 11) is -2.81. The molecule has 0 aliphatic carbocycles. The highest BCUT2D eigenvalue weighted by atomic mass is 32.2. The van der Waals surface area contributed by atoms with E-state index >= 15 is 0 Å². The van der Waals surface area contributed by atoms with Gasteiger partial charge in [0, 0.05) is 18.9 Å². The van der Waals surface area contributed by atoms with Crippen molar-refractivity contribution >= 4 is 21.4 Å². The third-order valence-corrected chi connectivity index (χ3v) is 4.19. The molecule has 2 rings (SSSR count). The maximum Gasteiger partial charge on any atom is 0.267 e. The van der Waals surface area contributed by atoms with Crippen molar-refractivity contribution in [1.29, 1.82) is 0 Å².